The molecule has 1 saturated heterocycles. The summed E-state index contributed by atoms with van der Waals surface area (Å²) in [5.74, 6) is 1.70. The minimum atomic E-state index is 0.0540. The predicted octanol–water partition coefficient (Wildman–Crippen LogP) is 1.54. The van der Waals surface area contributed by atoms with Crippen molar-refractivity contribution in [3.63, 3.8) is 0 Å². The highest BCUT2D eigenvalue weighted by molar-refractivity contribution is 5.72. The van der Waals surface area contributed by atoms with E-state index < -0.39 is 0 Å². The number of carbonyl (C=O) groups is 1. The number of nitrogens with one attached hydrogen (secondary N) is 1. The van der Waals surface area contributed by atoms with Gasteiger partial charge in [0.2, 0.25) is 5.91 Å². The van der Waals surface area contributed by atoms with Gasteiger partial charge in [-0.05, 0) is 32.1 Å². The van der Waals surface area contributed by atoms with E-state index >= 15 is 0 Å². The topological polar surface area (TPSA) is 76.2 Å². The van der Waals surface area contributed by atoms with Crippen LogP contribution in [-0.4, -0.2) is 35.3 Å². The van der Waals surface area contributed by atoms with Crippen LogP contribution in [0.3, 0.4) is 0 Å². The molecule has 118 valence electrons. The molecule has 1 aliphatic rings. The molecule has 0 bridgehead atoms. The number of anilines is 2. The van der Waals surface area contributed by atoms with Crippen molar-refractivity contribution >= 4 is 17.4 Å². The van der Waals surface area contributed by atoms with Gasteiger partial charge in [-0.15, -0.1) is 0 Å². The van der Waals surface area contributed by atoms with Gasteiger partial charge in [-0.1, -0.05) is 6.92 Å². The van der Waals surface area contributed by atoms with Gasteiger partial charge in [0.25, 0.3) is 0 Å². The maximum atomic E-state index is 11.0. The number of piperidine rings is 1. The first-order chi connectivity index (χ1) is 10.0. The number of hydrogen-bond acceptors (Lipinski definition) is 4. The third kappa shape index (κ3) is 3.68. The Morgan fingerprint density at radius 3 is 2.67 bits per heavy atom. The van der Waals surface area contributed by atoms with Crippen molar-refractivity contribution in [3.05, 3.63) is 5.69 Å². The first-order valence-electron chi connectivity index (χ1n) is 7.85. The van der Waals surface area contributed by atoms with Crippen LogP contribution in [0.5, 0.6) is 0 Å². The normalized spacial score (nSPS) is 16.2. The Balaban J connectivity index is 2.00. The summed E-state index contributed by atoms with van der Waals surface area (Å²) in [6, 6.07) is 0. The summed E-state index contributed by atoms with van der Waals surface area (Å²) in [6.07, 6.45) is 3.21. The van der Waals surface area contributed by atoms with Crippen molar-refractivity contribution in [1.29, 1.82) is 0 Å². The standard InChI is InChI=1S/C15H27N5O/c1-4-7-20-15(14(16)11(2)18-20)19-8-5-13(6-9-19)10-17-12(3)21/h13H,4-10,16H2,1-3H3,(H,17,21). The van der Waals surface area contributed by atoms with Crippen LogP contribution < -0.4 is 16.0 Å². The Bertz CT molecular complexity index is 488. The van der Waals surface area contributed by atoms with Crippen molar-refractivity contribution in [2.24, 2.45) is 5.92 Å². The lowest BCUT2D eigenvalue weighted by Gasteiger charge is -2.34. The lowest BCUT2D eigenvalue weighted by atomic mass is 9.96. The molecule has 2 heterocycles. The van der Waals surface area contributed by atoms with Crippen molar-refractivity contribution in [1.82, 2.24) is 15.1 Å². The summed E-state index contributed by atoms with van der Waals surface area (Å²) in [5.41, 5.74) is 7.94. The van der Waals surface area contributed by atoms with Gasteiger partial charge >= 0.3 is 0 Å². The van der Waals surface area contributed by atoms with Crippen LogP contribution in [0, 0.1) is 12.8 Å². The molecule has 6 heteroatoms. The quantitative estimate of drug-likeness (QED) is 0.863. The zero-order chi connectivity index (χ0) is 15.4. The van der Waals surface area contributed by atoms with E-state index in [9.17, 15) is 4.79 Å². The van der Waals surface area contributed by atoms with Gasteiger partial charge in [-0.2, -0.15) is 5.10 Å². The lowest BCUT2D eigenvalue weighted by molar-refractivity contribution is -0.119. The van der Waals surface area contributed by atoms with Crippen molar-refractivity contribution < 1.29 is 4.79 Å². The molecule has 1 amide bonds. The molecule has 1 aromatic rings. The molecule has 21 heavy (non-hydrogen) atoms. The first-order valence-corrected chi connectivity index (χ1v) is 7.85. The molecule has 0 atom stereocenters. The number of hydrogen-bond donors (Lipinski definition) is 2. The molecule has 0 spiro atoms. The summed E-state index contributed by atoms with van der Waals surface area (Å²) in [5, 5.41) is 7.46. The van der Waals surface area contributed by atoms with E-state index in [1.54, 1.807) is 6.92 Å². The number of aromatic nitrogens is 2. The van der Waals surface area contributed by atoms with E-state index in [0.717, 1.165) is 62.6 Å². The second kappa shape index (κ2) is 6.83. The molecule has 1 fully saturated rings. The zero-order valence-corrected chi connectivity index (χ0v) is 13.4. The lowest BCUT2D eigenvalue weighted by Crippen LogP contribution is -2.39. The second-order valence-electron chi connectivity index (χ2n) is 5.91. The fourth-order valence-electron chi connectivity index (χ4n) is 2.92. The fourth-order valence-corrected chi connectivity index (χ4v) is 2.92. The molecular weight excluding hydrogens is 266 g/mol. The molecule has 2 rings (SSSR count). The number of nitrogens with zero attached hydrogens (tertiary/aromatic N) is 3. The number of rotatable bonds is 5. The van der Waals surface area contributed by atoms with Gasteiger partial charge in [0.15, 0.2) is 5.82 Å². The molecule has 0 aliphatic carbocycles. The third-order valence-corrected chi connectivity index (χ3v) is 4.14. The Hall–Kier alpha value is -1.72. The number of nitrogen functional groups attached to an aromatic ring is 1. The van der Waals surface area contributed by atoms with Crippen LogP contribution >= 0.6 is 0 Å². The molecule has 0 radical (unpaired) electrons. The first kappa shape index (κ1) is 15.7. The summed E-state index contributed by atoms with van der Waals surface area (Å²) in [7, 11) is 0. The molecular formula is C15H27N5O. The summed E-state index contributed by atoms with van der Waals surface area (Å²) < 4.78 is 2.04. The average molecular weight is 293 g/mol. The highest BCUT2D eigenvalue weighted by Gasteiger charge is 2.24. The zero-order valence-electron chi connectivity index (χ0n) is 13.4. The highest BCUT2D eigenvalue weighted by Crippen LogP contribution is 2.30. The SMILES string of the molecule is CCCn1nc(C)c(N)c1N1CCC(CNC(C)=O)CC1. The second-order valence-corrected chi connectivity index (χ2v) is 5.91. The smallest absolute Gasteiger partial charge is 0.216 e. The van der Waals surface area contributed by atoms with Gasteiger partial charge in [-0.25, -0.2) is 4.68 Å². The maximum Gasteiger partial charge on any atom is 0.216 e. The van der Waals surface area contributed by atoms with Crippen LogP contribution in [0.1, 0.15) is 38.8 Å². The van der Waals surface area contributed by atoms with Crippen molar-refractivity contribution in [3.8, 4) is 0 Å². The van der Waals surface area contributed by atoms with E-state index in [1.807, 2.05) is 11.6 Å². The average Bonchev–Trinajstić information content (AvgIpc) is 2.73. The van der Waals surface area contributed by atoms with Gasteiger partial charge in [0.05, 0.1) is 11.4 Å². The van der Waals surface area contributed by atoms with Crippen LogP contribution in [0.2, 0.25) is 0 Å². The predicted molar refractivity (Wildman–Crippen MR) is 85.3 cm³/mol. The van der Waals surface area contributed by atoms with E-state index in [0.29, 0.717) is 5.92 Å². The maximum absolute atomic E-state index is 11.0. The van der Waals surface area contributed by atoms with E-state index in [-0.39, 0.29) is 5.91 Å². The third-order valence-electron chi connectivity index (χ3n) is 4.14. The fraction of sp³-hybridized carbons (Fsp3) is 0.733. The van der Waals surface area contributed by atoms with Crippen LogP contribution in [0.4, 0.5) is 11.5 Å². The van der Waals surface area contributed by atoms with Gasteiger partial charge in [-0.3, -0.25) is 4.79 Å². The number of carbonyl (C=O) groups excluding carboxylic acids is 1. The Morgan fingerprint density at radius 1 is 1.43 bits per heavy atom. The number of nitrogens with two attached hydrogens (primary N) is 1. The Kier molecular flexibility index (Phi) is 5.09. The van der Waals surface area contributed by atoms with Crippen LogP contribution in [-0.2, 0) is 11.3 Å². The Morgan fingerprint density at radius 2 is 2.10 bits per heavy atom. The summed E-state index contributed by atoms with van der Waals surface area (Å²) in [6.45, 7) is 9.32. The minimum absolute atomic E-state index is 0.0540. The largest absolute Gasteiger partial charge is 0.394 e. The summed E-state index contributed by atoms with van der Waals surface area (Å²) in [4.78, 5) is 13.3. The van der Waals surface area contributed by atoms with Crippen molar-refractivity contribution in [2.45, 2.75) is 46.6 Å². The van der Waals surface area contributed by atoms with Crippen LogP contribution in [0.15, 0.2) is 0 Å². The molecule has 6 nitrogen and oxygen atoms in total. The van der Waals surface area contributed by atoms with E-state index in [1.165, 1.54) is 0 Å². The van der Waals surface area contributed by atoms with Gasteiger partial charge < -0.3 is 16.0 Å². The molecule has 0 saturated carbocycles. The van der Waals surface area contributed by atoms with E-state index in [2.05, 4.69) is 22.2 Å². The molecule has 0 aromatic carbocycles. The van der Waals surface area contributed by atoms with E-state index in [4.69, 9.17) is 5.73 Å². The molecule has 1 aliphatic heterocycles. The number of aryl methyl sites for hydroxylation is 2. The van der Waals surface area contributed by atoms with Crippen molar-refractivity contribution in [2.75, 3.05) is 30.3 Å². The van der Waals surface area contributed by atoms with Crippen LogP contribution in [0.25, 0.3) is 0 Å². The molecule has 3 N–H and O–H groups in total. The van der Waals surface area contributed by atoms with Gasteiger partial charge in [0.1, 0.15) is 0 Å². The highest BCUT2D eigenvalue weighted by atomic mass is 16.1. The Labute approximate surface area is 126 Å². The molecule has 0 unspecified atom stereocenters. The molecule has 1 aromatic heterocycles. The van der Waals surface area contributed by atoms with Gasteiger partial charge in [0, 0.05) is 33.1 Å². The number of amides is 1. The monoisotopic (exact) mass is 293 g/mol. The minimum Gasteiger partial charge on any atom is -0.394 e. The summed E-state index contributed by atoms with van der Waals surface area (Å²) >= 11 is 0.